The molecule has 0 spiro atoms. The third-order valence-corrected chi connectivity index (χ3v) is 2.15. The van der Waals surface area contributed by atoms with Gasteiger partial charge in [-0.25, -0.2) is 0 Å². The Morgan fingerprint density at radius 3 is 2.93 bits per heavy atom. The van der Waals surface area contributed by atoms with Crippen LogP contribution in [0.5, 0.6) is 0 Å². The quantitative estimate of drug-likeness (QED) is 0.766. The van der Waals surface area contributed by atoms with Crippen LogP contribution in [0, 0.1) is 0 Å². The Balaban J connectivity index is 2.69. The van der Waals surface area contributed by atoms with Crippen molar-refractivity contribution in [2.45, 2.75) is 19.8 Å². The first-order chi connectivity index (χ1) is 7.27. The number of hydrogen-bond donors (Lipinski definition) is 2. The minimum Gasteiger partial charge on any atom is -0.396 e. The van der Waals surface area contributed by atoms with Crippen molar-refractivity contribution in [3.05, 3.63) is 35.4 Å². The molecule has 1 amide bonds. The molecule has 1 aromatic carbocycles. The van der Waals surface area contributed by atoms with Crippen LogP contribution in [0.1, 0.15) is 29.3 Å². The zero-order chi connectivity index (χ0) is 11.1. The van der Waals surface area contributed by atoms with Gasteiger partial charge in [-0.1, -0.05) is 12.1 Å². The number of benzene rings is 1. The molecule has 0 aliphatic rings. The molecule has 0 heterocycles. The second-order valence-electron chi connectivity index (χ2n) is 3.39. The molecule has 0 unspecified atom stereocenters. The first kappa shape index (κ1) is 11.7. The number of aliphatic hydroxyl groups excluding tert-OH is 1. The average molecular weight is 207 g/mol. The van der Waals surface area contributed by atoms with Crippen LogP contribution in [0.3, 0.4) is 0 Å². The lowest BCUT2D eigenvalue weighted by atomic mass is 10.1. The molecular weight excluding hydrogens is 190 g/mol. The van der Waals surface area contributed by atoms with Gasteiger partial charge in [-0.2, -0.15) is 0 Å². The molecule has 0 saturated heterocycles. The maximum atomic E-state index is 11.5. The molecule has 0 aliphatic carbocycles. The first-order valence-corrected chi connectivity index (χ1v) is 5.26. The maximum absolute atomic E-state index is 11.5. The van der Waals surface area contributed by atoms with Crippen molar-refractivity contribution in [3.63, 3.8) is 0 Å². The highest BCUT2D eigenvalue weighted by molar-refractivity contribution is 5.94. The molecule has 3 heteroatoms. The number of nitrogens with one attached hydrogen (secondary N) is 1. The van der Waals surface area contributed by atoms with Gasteiger partial charge in [-0.15, -0.1) is 0 Å². The fourth-order valence-corrected chi connectivity index (χ4v) is 1.41. The monoisotopic (exact) mass is 207 g/mol. The van der Waals surface area contributed by atoms with Crippen molar-refractivity contribution in [1.29, 1.82) is 0 Å². The molecule has 0 aliphatic heterocycles. The van der Waals surface area contributed by atoms with E-state index in [1.807, 2.05) is 25.1 Å². The number of amides is 1. The number of carbonyl (C=O) groups is 1. The van der Waals surface area contributed by atoms with E-state index >= 15 is 0 Å². The van der Waals surface area contributed by atoms with Crippen molar-refractivity contribution in [1.82, 2.24) is 5.32 Å². The minimum absolute atomic E-state index is 0.0386. The summed E-state index contributed by atoms with van der Waals surface area (Å²) in [6, 6.07) is 7.52. The van der Waals surface area contributed by atoms with Gasteiger partial charge >= 0.3 is 0 Å². The Labute approximate surface area is 90.1 Å². The van der Waals surface area contributed by atoms with Gasteiger partial charge in [0.2, 0.25) is 0 Å². The SMILES string of the molecule is CCNC(=O)c1cccc(CCCO)c1. The van der Waals surface area contributed by atoms with E-state index < -0.39 is 0 Å². The van der Waals surface area contributed by atoms with E-state index in [0.29, 0.717) is 12.1 Å². The standard InChI is InChI=1S/C12H17NO2/c1-2-13-12(15)11-7-3-5-10(9-11)6-4-8-14/h3,5,7,9,14H,2,4,6,8H2,1H3,(H,13,15). The number of carbonyl (C=O) groups excluding carboxylic acids is 1. The van der Waals surface area contributed by atoms with E-state index in [0.717, 1.165) is 18.4 Å². The normalized spacial score (nSPS) is 10.0. The van der Waals surface area contributed by atoms with E-state index in [9.17, 15) is 4.79 Å². The van der Waals surface area contributed by atoms with Crippen LogP contribution < -0.4 is 5.32 Å². The van der Waals surface area contributed by atoms with Gasteiger partial charge in [0.1, 0.15) is 0 Å². The van der Waals surface area contributed by atoms with Crippen LogP contribution in [0.25, 0.3) is 0 Å². The Hall–Kier alpha value is -1.35. The summed E-state index contributed by atoms with van der Waals surface area (Å²) in [6.07, 6.45) is 1.54. The summed E-state index contributed by atoms with van der Waals surface area (Å²) in [7, 11) is 0. The first-order valence-electron chi connectivity index (χ1n) is 5.26. The maximum Gasteiger partial charge on any atom is 0.251 e. The molecule has 15 heavy (non-hydrogen) atoms. The molecule has 0 radical (unpaired) electrons. The van der Waals surface area contributed by atoms with E-state index in [2.05, 4.69) is 5.32 Å². The molecule has 0 saturated carbocycles. The lowest BCUT2D eigenvalue weighted by Crippen LogP contribution is -2.22. The van der Waals surface area contributed by atoms with Gasteiger partial charge in [0.15, 0.2) is 0 Å². The van der Waals surface area contributed by atoms with Crippen molar-refractivity contribution in [2.24, 2.45) is 0 Å². The van der Waals surface area contributed by atoms with E-state index in [1.54, 1.807) is 6.07 Å². The van der Waals surface area contributed by atoms with Gasteiger partial charge in [-0.05, 0) is 37.5 Å². The van der Waals surface area contributed by atoms with Crippen LogP contribution in [0.15, 0.2) is 24.3 Å². The third kappa shape index (κ3) is 3.72. The summed E-state index contributed by atoms with van der Waals surface area (Å²) in [5.41, 5.74) is 1.78. The Bertz CT molecular complexity index is 323. The van der Waals surface area contributed by atoms with Crippen LogP contribution in [0.2, 0.25) is 0 Å². The van der Waals surface area contributed by atoms with Gasteiger partial charge in [0.25, 0.3) is 5.91 Å². The zero-order valence-corrected chi connectivity index (χ0v) is 8.99. The highest BCUT2D eigenvalue weighted by Crippen LogP contribution is 2.07. The Morgan fingerprint density at radius 1 is 1.47 bits per heavy atom. The molecule has 1 rings (SSSR count). The Morgan fingerprint density at radius 2 is 2.27 bits per heavy atom. The largest absolute Gasteiger partial charge is 0.396 e. The Kier molecular flexibility index (Phi) is 4.84. The lowest BCUT2D eigenvalue weighted by Gasteiger charge is -2.04. The topological polar surface area (TPSA) is 49.3 Å². The van der Waals surface area contributed by atoms with Crippen molar-refractivity contribution in [3.8, 4) is 0 Å². The zero-order valence-electron chi connectivity index (χ0n) is 8.99. The molecule has 0 aromatic heterocycles. The molecule has 1 aromatic rings. The summed E-state index contributed by atoms with van der Waals surface area (Å²) >= 11 is 0. The molecule has 3 nitrogen and oxygen atoms in total. The van der Waals surface area contributed by atoms with Crippen LogP contribution >= 0.6 is 0 Å². The third-order valence-electron chi connectivity index (χ3n) is 2.15. The van der Waals surface area contributed by atoms with Gasteiger partial charge < -0.3 is 10.4 Å². The van der Waals surface area contributed by atoms with Crippen molar-refractivity contribution in [2.75, 3.05) is 13.2 Å². The smallest absolute Gasteiger partial charge is 0.251 e. The summed E-state index contributed by atoms with van der Waals surface area (Å²) in [4.78, 5) is 11.5. The van der Waals surface area contributed by atoms with Crippen molar-refractivity contribution < 1.29 is 9.90 Å². The summed E-state index contributed by atoms with van der Waals surface area (Å²) in [5.74, 6) is -0.0386. The molecule has 0 fully saturated rings. The van der Waals surface area contributed by atoms with Gasteiger partial charge in [0, 0.05) is 18.7 Å². The van der Waals surface area contributed by atoms with Gasteiger partial charge in [-0.3, -0.25) is 4.79 Å². The van der Waals surface area contributed by atoms with E-state index in [1.165, 1.54) is 0 Å². The van der Waals surface area contributed by atoms with Crippen molar-refractivity contribution >= 4 is 5.91 Å². The number of aliphatic hydroxyl groups is 1. The van der Waals surface area contributed by atoms with E-state index in [-0.39, 0.29) is 12.5 Å². The molecule has 0 bridgehead atoms. The number of aryl methyl sites for hydroxylation is 1. The predicted octanol–water partition coefficient (Wildman–Crippen LogP) is 1.36. The summed E-state index contributed by atoms with van der Waals surface area (Å²) in [5, 5.41) is 11.5. The highest BCUT2D eigenvalue weighted by atomic mass is 16.2. The van der Waals surface area contributed by atoms with Crippen LogP contribution in [-0.2, 0) is 6.42 Å². The van der Waals surface area contributed by atoms with Gasteiger partial charge in [0.05, 0.1) is 0 Å². The fraction of sp³-hybridized carbons (Fsp3) is 0.417. The highest BCUT2D eigenvalue weighted by Gasteiger charge is 2.03. The molecule has 0 atom stereocenters. The van der Waals surface area contributed by atoms with Crippen LogP contribution in [0.4, 0.5) is 0 Å². The second-order valence-corrected chi connectivity index (χ2v) is 3.39. The fourth-order valence-electron chi connectivity index (χ4n) is 1.41. The average Bonchev–Trinajstić information content (AvgIpc) is 2.27. The molecule has 2 N–H and O–H groups in total. The summed E-state index contributed by atoms with van der Waals surface area (Å²) in [6.45, 7) is 2.72. The molecular formula is C12H17NO2. The number of rotatable bonds is 5. The van der Waals surface area contributed by atoms with Crippen LogP contribution in [-0.4, -0.2) is 24.2 Å². The van der Waals surface area contributed by atoms with E-state index in [4.69, 9.17) is 5.11 Å². The number of hydrogen-bond acceptors (Lipinski definition) is 2. The summed E-state index contributed by atoms with van der Waals surface area (Å²) < 4.78 is 0. The second kappa shape index (κ2) is 6.19. The predicted molar refractivity (Wildman–Crippen MR) is 59.9 cm³/mol. The minimum atomic E-state index is -0.0386. The molecule has 82 valence electrons. The lowest BCUT2D eigenvalue weighted by molar-refractivity contribution is 0.0955.